The monoisotopic (exact) mass is 386 g/mol. The Bertz CT molecular complexity index is 827. The number of rotatable bonds is 8. The Balaban J connectivity index is 1.92. The lowest BCUT2D eigenvalue weighted by Gasteiger charge is -2.28. The highest BCUT2D eigenvalue weighted by Crippen LogP contribution is 2.42. The molecule has 2 aromatic rings. The van der Waals surface area contributed by atoms with Crippen LogP contribution in [0.15, 0.2) is 36.7 Å². The molecule has 0 spiro atoms. The number of pyridine rings is 1. The molecule has 28 heavy (non-hydrogen) atoms. The van der Waals surface area contributed by atoms with E-state index >= 15 is 0 Å². The Morgan fingerprint density at radius 1 is 1.21 bits per heavy atom. The third-order valence-corrected chi connectivity index (χ3v) is 5.43. The lowest BCUT2D eigenvalue weighted by Crippen LogP contribution is -2.31. The Hall–Kier alpha value is -2.64. The topological polar surface area (TPSA) is 89.9 Å². The van der Waals surface area contributed by atoms with Gasteiger partial charge in [0.05, 0.1) is 32.9 Å². The van der Waals surface area contributed by atoms with Gasteiger partial charge in [0.1, 0.15) is 0 Å². The lowest BCUT2D eigenvalue weighted by molar-refractivity contribution is 0.0944. The fraction of sp³-hybridized carbons (Fsp3) is 0.429. The molecule has 1 aliphatic heterocycles. The van der Waals surface area contributed by atoms with Crippen molar-refractivity contribution < 1.29 is 24.1 Å². The van der Waals surface area contributed by atoms with Gasteiger partial charge in [-0.3, -0.25) is 9.78 Å². The molecule has 2 unspecified atom stereocenters. The number of aliphatic hydroxyl groups is 1. The smallest absolute Gasteiger partial charge is 0.204 e. The molecule has 0 bridgehead atoms. The first-order chi connectivity index (χ1) is 13.6. The molecule has 1 aliphatic rings. The van der Waals surface area contributed by atoms with Crippen LogP contribution in [0, 0.1) is 0 Å². The number of ketones is 1. The summed E-state index contributed by atoms with van der Waals surface area (Å²) in [6, 6.07) is 6.86. The van der Waals surface area contributed by atoms with E-state index < -0.39 is 6.04 Å². The van der Waals surface area contributed by atoms with Crippen molar-refractivity contribution in [2.24, 2.45) is 0 Å². The minimum absolute atomic E-state index is 0.0389. The van der Waals surface area contributed by atoms with Crippen LogP contribution in [0.4, 0.5) is 0 Å². The molecular weight excluding hydrogens is 360 g/mol. The molecule has 0 aliphatic carbocycles. The Morgan fingerprint density at radius 2 is 2.00 bits per heavy atom. The Kier molecular flexibility index (Phi) is 6.16. The molecule has 150 valence electrons. The molecule has 7 nitrogen and oxygen atoms in total. The number of carbonyl (C=O) groups excluding carboxylic acids is 1. The second kappa shape index (κ2) is 8.58. The second-order valence-electron chi connectivity index (χ2n) is 6.88. The summed E-state index contributed by atoms with van der Waals surface area (Å²) < 4.78 is 16.2. The van der Waals surface area contributed by atoms with Crippen LogP contribution in [0.1, 0.15) is 28.8 Å². The van der Waals surface area contributed by atoms with E-state index in [1.165, 1.54) is 21.3 Å². The molecule has 0 amide bonds. The molecular formula is C21H26N2O5. The Labute approximate surface area is 164 Å². The minimum atomic E-state index is -0.404. The minimum Gasteiger partial charge on any atom is -0.493 e. The molecule has 2 N–H and O–H groups in total. The average Bonchev–Trinajstić information content (AvgIpc) is 3.18. The number of benzene rings is 1. The van der Waals surface area contributed by atoms with Gasteiger partial charge >= 0.3 is 0 Å². The van der Waals surface area contributed by atoms with Crippen molar-refractivity contribution in [1.29, 1.82) is 0 Å². The van der Waals surface area contributed by atoms with Gasteiger partial charge in [0, 0.05) is 31.0 Å². The van der Waals surface area contributed by atoms with E-state index in [0.29, 0.717) is 42.2 Å². The van der Waals surface area contributed by atoms with Gasteiger partial charge in [0.25, 0.3) is 0 Å². The quantitative estimate of drug-likeness (QED) is 0.671. The van der Waals surface area contributed by atoms with Crippen molar-refractivity contribution in [3.8, 4) is 17.2 Å². The van der Waals surface area contributed by atoms with Crippen molar-refractivity contribution >= 4 is 5.78 Å². The summed E-state index contributed by atoms with van der Waals surface area (Å²) in [6.07, 6.45) is 4.64. The number of carbonyl (C=O) groups is 1. The molecule has 1 saturated heterocycles. The van der Waals surface area contributed by atoms with Gasteiger partial charge in [-0.25, -0.2) is 0 Å². The van der Waals surface area contributed by atoms with Crippen molar-refractivity contribution in [2.45, 2.75) is 24.3 Å². The summed E-state index contributed by atoms with van der Waals surface area (Å²) in [5, 5.41) is 13.0. The zero-order valence-corrected chi connectivity index (χ0v) is 16.4. The SMILES string of the molecule is COc1ccc(C(=O)C2CC(CCO)(c3cccnc3)CN2)c(OC)c1OC. The highest BCUT2D eigenvalue weighted by Gasteiger charge is 2.43. The lowest BCUT2D eigenvalue weighted by atomic mass is 9.76. The maximum absolute atomic E-state index is 13.3. The summed E-state index contributed by atoms with van der Waals surface area (Å²) in [4.78, 5) is 17.5. The number of nitrogens with one attached hydrogen (secondary N) is 1. The van der Waals surface area contributed by atoms with Crippen LogP contribution in [0.3, 0.4) is 0 Å². The van der Waals surface area contributed by atoms with Crippen LogP contribution in [-0.4, -0.2) is 56.4 Å². The van der Waals surface area contributed by atoms with E-state index in [2.05, 4.69) is 10.3 Å². The third-order valence-electron chi connectivity index (χ3n) is 5.43. The number of ether oxygens (including phenoxy) is 3. The van der Waals surface area contributed by atoms with E-state index in [9.17, 15) is 9.90 Å². The predicted molar refractivity (Wildman–Crippen MR) is 104 cm³/mol. The fourth-order valence-electron chi connectivity index (χ4n) is 3.97. The number of methoxy groups -OCH3 is 3. The first kappa shape index (κ1) is 20.1. The molecule has 0 radical (unpaired) electrons. The molecule has 2 heterocycles. The first-order valence-corrected chi connectivity index (χ1v) is 9.18. The van der Waals surface area contributed by atoms with Gasteiger partial charge in [-0.1, -0.05) is 6.07 Å². The molecule has 1 aromatic carbocycles. The summed E-state index contributed by atoms with van der Waals surface area (Å²) in [5.74, 6) is 1.17. The van der Waals surface area contributed by atoms with Gasteiger partial charge in [-0.15, -0.1) is 0 Å². The molecule has 1 aromatic heterocycles. The maximum Gasteiger partial charge on any atom is 0.204 e. The number of Topliss-reactive ketones (excluding diaryl/α,β-unsaturated/α-hetero) is 1. The largest absolute Gasteiger partial charge is 0.493 e. The summed E-state index contributed by atoms with van der Waals surface area (Å²) in [7, 11) is 4.55. The molecule has 0 saturated carbocycles. The maximum atomic E-state index is 13.3. The summed E-state index contributed by atoms with van der Waals surface area (Å²) >= 11 is 0. The standard InChI is InChI=1S/C21H26N2O5/c1-26-17-7-6-15(19(27-2)20(17)28-3)18(25)16-11-21(8-10-24,13-23-16)14-5-4-9-22-12-14/h4-7,9,12,16,23-24H,8,10-11,13H2,1-3H3. The second-order valence-corrected chi connectivity index (χ2v) is 6.88. The van der Waals surface area contributed by atoms with Crippen molar-refractivity contribution in [3.05, 3.63) is 47.8 Å². The van der Waals surface area contributed by atoms with Crippen molar-refractivity contribution in [3.63, 3.8) is 0 Å². The van der Waals surface area contributed by atoms with Crippen LogP contribution in [0.2, 0.25) is 0 Å². The van der Waals surface area contributed by atoms with Crippen molar-refractivity contribution in [1.82, 2.24) is 10.3 Å². The average molecular weight is 386 g/mol. The first-order valence-electron chi connectivity index (χ1n) is 9.18. The molecule has 7 heteroatoms. The van der Waals surface area contributed by atoms with E-state index in [1.807, 2.05) is 12.1 Å². The van der Waals surface area contributed by atoms with Crippen LogP contribution < -0.4 is 19.5 Å². The molecule has 2 atom stereocenters. The number of aliphatic hydroxyl groups excluding tert-OH is 1. The zero-order chi connectivity index (χ0) is 20.1. The van der Waals surface area contributed by atoms with Gasteiger partial charge in [0.2, 0.25) is 5.75 Å². The van der Waals surface area contributed by atoms with Gasteiger partial charge in [-0.05, 0) is 36.6 Å². The van der Waals surface area contributed by atoms with Crippen LogP contribution in [-0.2, 0) is 5.41 Å². The number of hydrogen-bond acceptors (Lipinski definition) is 7. The molecule has 3 rings (SSSR count). The third kappa shape index (κ3) is 3.55. The summed E-state index contributed by atoms with van der Waals surface area (Å²) in [5.41, 5.74) is 1.11. The number of aromatic nitrogens is 1. The predicted octanol–water partition coefficient (Wildman–Crippen LogP) is 1.97. The zero-order valence-electron chi connectivity index (χ0n) is 16.4. The van der Waals surface area contributed by atoms with Gasteiger partial charge in [0.15, 0.2) is 17.3 Å². The van der Waals surface area contributed by atoms with Gasteiger partial charge in [-0.2, -0.15) is 0 Å². The number of nitrogens with zero attached hydrogens (tertiary/aromatic N) is 1. The van der Waals surface area contributed by atoms with Crippen LogP contribution in [0.5, 0.6) is 17.2 Å². The van der Waals surface area contributed by atoms with E-state index in [0.717, 1.165) is 5.56 Å². The highest BCUT2D eigenvalue weighted by atomic mass is 16.5. The van der Waals surface area contributed by atoms with E-state index in [4.69, 9.17) is 14.2 Å². The van der Waals surface area contributed by atoms with E-state index in [1.54, 1.807) is 24.5 Å². The Morgan fingerprint density at radius 3 is 2.61 bits per heavy atom. The summed E-state index contributed by atoms with van der Waals surface area (Å²) in [6.45, 7) is 0.627. The highest BCUT2D eigenvalue weighted by molar-refractivity contribution is 6.03. The van der Waals surface area contributed by atoms with Gasteiger partial charge < -0.3 is 24.6 Å². The van der Waals surface area contributed by atoms with Crippen LogP contribution in [0.25, 0.3) is 0 Å². The molecule has 1 fully saturated rings. The number of hydrogen-bond donors (Lipinski definition) is 2. The fourth-order valence-corrected chi connectivity index (χ4v) is 3.97. The van der Waals surface area contributed by atoms with Crippen LogP contribution >= 0.6 is 0 Å². The van der Waals surface area contributed by atoms with Crippen molar-refractivity contribution in [2.75, 3.05) is 34.5 Å². The normalized spacial score (nSPS) is 21.4. The van der Waals surface area contributed by atoms with E-state index in [-0.39, 0.29) is 17.8 Å².